The van der Waals surface area contributed by atoms with Gasteiger partial charge in [0.05, 0.1) is 0 Å². The first-order valence-corrected chi connectivity index (χ1v) is 5.81. The van der Waals surface area contributed by atoms with Gasteiger partial charge in [-0.3, -0.25) is 4.79 Å². The molecule has 0 fully saturated rings. The highest BCUT2D eigenvalue weighted by Gasteiger charge is 2.29. The zero-order valence-electron chi connectivity index (χ0n) is 9.63. The molecule has 2 nitrogen and oxygen atoms in total. The number of hydrogen-bond acceptors (Lipinski definition) is 3. The summed E-state index contributed by atoms with van der Waals surface area (Å²) in [6, 6.07) is 3.10. The second-order valence-corrected chi connectivity index (χ2v) is 4.76. The molecule has 19 heavy (non-hydrogen) atoms. The first-order valence-electron chi connectivity index (χ1n) is 4.99. The maximum Gasteiger partial charge on any atom is 0.446 e. The third-order valence-electron chi connectivity index (χ3n) is 1.85. The average molecular weight is 300 g/mol. The molecule has 0 aromatic heterocycles. The van der Waals surface area contributed by atoms with E-state index in [4.69, 9.17) is 0 Å². The van der Waals surface area contributed by atoms with Gasteiger partial charge in [0, 0.05) is 11.3 Å². The van der Waals surface area contributed by atoms with E-state index < -0.39 is 29.6 Å². The van der Waals surface area contributed by atoms with Crippen LogP contribution in [0.1, 0.15) is 12.5 Å². The summed E-state index contributed by atoms with van der Waals surface area (Å²) in [5.74, 6) is -0.697. The monoisotopic (exact) mass is 300 g/mol. The van der Waals surface area contributed by atoms with Gasteiger partial charge in [-0.05, 0) is 42.4 Å². The Balaban J connectivity index is 3.04. The molecular formula is C11H9F5O2S. The van der Waals surface area contributed by atoms with E-state index in [1.54, 1.807) is 0 Å². The van der Waals surface area contributed by atoms with Gasteiger partial charge >= 0.3 is 12.1 Å². The van der Waals surface area contributed by atoms with Gasteiger partial charge in [0.1, 0.15) is 11.5 Å². The molecule has 0 N–H and O–H groups in total. The summed E-state index contributed by atoms with van der Waals surface area (Å²) < 4.78 is 64.9. The van der Waals surface area contributed by atoms with Crippen LogP contribution in [0.15, 0.2) is 23.1 Å². The number of benzene rings is 1. The van der Waals surface area contributed by atoms with Crippen LogP contribution in [-0.4, -0.2) is 17.9 Å². The smallest absolute Gasteiger partial charge is 0.435 e. The molecule has 0 saturated carbocycles. The number of thioether (sulfide) groups is 1. The van der Waals surface area contributed by atoms with Crippen molar-refractivity contribution in [1.29, 1.82) is 0 Å². The van der Waals surface area contributed by atoms with Crippen LogP contribution in [0.25, 0.3) is 0 Å². The Morgan fingerprint density at radius 1 is 1.32 bits per heavy atom. The standard InChI is InChI=1S/C11H9F5O2S/c1-6(17)2-7-3-8(18-10(12)13)5-9(4-7)19-11(14,15)16/h3-5,10H,2H2,1H3. The van der Waals surface area contributed by atoms with Crippen LogP contribution in [0.5, 0.6) is 5.75 Å². The van der Waals surface area contributed by atoms with Crippen LogP contribution in [0.2, 0.25) is 0 Å². The van der Waals surface area contributed by atoms with E-state index in [1.165, 1.54) is 6.92 Å². The summed E-state index contributed by atoms with van der Waals surface area (Å²) in [7, 11) is 0. The minimum Gasteiger partial charge on any atom is -0.435 e. The van der Waals surface area contributed by atoms with Gasteiger partial charge in [-0.2, -0.15) is 22.0 Å². The molecule has 0 amide bonds. The number of ether oxygens (including phenoxy) is 1. The predicted octanol–water partition coefficient (Wildman–Crippen LogP) is 4.03. The van der Waals surface area contributed by atoms with Crippen LogP contribution in [-0.2, 0) is 11.2 Å². The third-order valence-corrected chi connectivity index (χ3v) is 2.55. The zero-order valence-corrected chi connectivity index (χ0v) is 10.4. The normalized spacial score (nSPS) is 11.7. The largest absolute Gasteiger partial charge is 0.446 e. The Morgan fingerprint density at radius 2 is 1.95 bits per heavy atom. The average Bonchev–Trinajstić information content (AvgIpc) is 2.10. The van der Waals surface area contributed by atoms with Crippen molar-refractivity contribution in [2.45, 2.75) is 30.4 Å². The molecule has 8 heteroatoms. The molecule has 0 spiro atoms. The van der Waals surface area contributed by atoms with E-state index in [9.17, 15) is 26.7 Å². The maximum atomic E-state index is 12.2. The lowest BCUT2D eigenvalue weighted by atomic mass is 10.1. The van der Waals surface area contributed by atoms with Gasteiger partial charge in [0.2, 0.25) is 0 Å². The van der Waals surface area contributed by atoms with E-state index in [0.29, 0.717) is 0 Å². The summed E-state index contributed by atoms with van der Waals surface area (Å²) in [6.45, 7) is -1.90. The second kappa shape index (κ2) is 6.23. The lowest BCUT2D eigenvalue weighted by Crippen LogP contribution is -2.05. The number of Topliss-reactive ketones (excluding diaryl/α,β-unsaturated/α-hetero) is 1. The molecule has 0 atom stereocenters. The lowest BCUT2D eigenvalue weighted by molar-refractivity contribution is -0.116. The van der Waals surface area contributed by atoms with Gasteiger partial charge in [-0.25, -0.2) is 0 Å². The van der Waals surface area contributed by atoms with E-state index >= 15 is 0 Å². The van der Waals surface area contributed by atoms with Gasteiger partial charge in [0.25, 0.3) is 0 Å². The summed E-state index contributed by atoms with van der Waals surface area (Å²) >= 11 is -0.453. The molecule has 0 unspecified atom stereocenters. The number of carbonyl (C=O) groups is 1. The fourth-order valence-corrected chi connectivity index (χ4v) is 2.04. The highest BCUT2D eigenvalue weighted by Crippen LogP contribution is 2.38. The predicted molar refractivity (Wildman–Crippen MR) is 59.4 cm³/mol. The van der Waals surface area contributed by atoms with Crippen molar-refractivity contribution in [3.8, 4) is 5.75 Å². The molecule has 1 aromatic rings. The van der Waals surface area contributed by atoms with E-state index in [-0.39, 0.29) is 22.7 Å². The van der Waals surface area contributed by atoms with E-state index in [2.05, 4.69) is 4.74 Å². The van der Waals surface area contributed by atoms with Gasteiger partial charge in [0.15, 0.2) is 0 Å². The van der Waals surface area contributed by atoms with Crippen molar-refractivity contribution in [2.75, 3.05) is 0 Å². The van der Waals surface area contributed by atoms with E-state index in [0.717, 1.165) is 18.2 Å². The molecule has 0 aliphatic heterocycles. The Labute approximate surface area is 109 Å². The van der Waals surface area contributed by atoms with Crippen molar-refractivity contribution >= 4 is 17.5 Å². The molecule has 1 aromatic carbocycles. The zero-order chi connectivity index (χ0) is 14.6. The molecule has 0 aliphatic carbocycles. The minimum absolute atomic E-state index is 0.147. The van der Waals surface area contributed by atoms with Gasteiger partial charge in [-0.1, -0.05) is 0 Å². The van der Waals surface area contributed by atoms with Crippen LogP contribution < -0.4 is 4.74 Å². The van der Waals surface area contributed by atoms with Gasteiger partial charge in [-0.15, -0.1) is 0 Å². The number of rotatable bonds is 5. The Hall–Kier alpha value is -1.31. The summed E-state index contributed by atoms with van der Waals surface area (Å²) in [5, 5.41) is 0. The number of alkyl halides is 5. The fraction of sp³-hybridized carbons (Fsp3) is 0.364. The van der Waals surface area contributed by atoms with Crippen molar-refractivity contribution in [1.82, 2.24) is 0 Å². The summed E-state index contributed by atoms with van der Waals surface area (Å²) in [5.41, 5.74) is -4.35. The molecule has 0 aliphatic rings. The third kappa shape index (κ3) is 6.42. The quantitative estimate of drug-likeness (QED) is 0.606. The van der Waals surface area contributed by atoms with Gasteiger partial charge < -0.3 is 4.74 Å². The van der Waals surface area contributed by atoms with E-state index in [1.807, 2.05) is 0 Å². The Morgan fingerprint density at radius 3 is 2.42 bits per heavy atom. The van der Waals surface area contributed by atoms with Crippen molar-refractivity contribution < 1.29 is 31.5 Å². The first-order chi connectivity index (χ1) is 8.65. The topological polar surface area (TPSA) is 26.3 Å². The fourth-order valence-electron chi connectivity index (χ4n) is 1.38. The van der Waals surface area contributed by atoms with Crippen LogP contribution in [0, 0.1) is 0 Å². The van der Waals surface area contributed by atoms with Crippen molar-refractivity contribution in [3.05, 3.63) is 23.8 Å². The second-order valence-electron chi connectivity index (χ2n) is 3.62. The maximum absolute atomic E-state index is 12.2. The van der Waals surface area contributed by atoms with Crippen LogP contribution in [0.4, 0.5) is 22.0 Å². The molecular weight excluding hydrogens is 291 g/mol. The minimum atomic E-state index is -4.54. The molecule has 106 valence electrons. The van der Waals surface area contributed by atoms with Crippen LogP contribution in [0.3, 0.4) is 0 Å². The number of carbonyl (C=O) groups excluding carboxylic acids is 1. The number of ketones is 1. The Bertz CT molecular complexity index is 459. The lowest BCUT2D eigenvalue weighted by Gasteiger charge is -2.11. The molecule has 0 bridgehead atoms. The van der Waals surface area contributed by atoms with Crippen LogP contribution >= 0.6 is 11.8 Å². The summed E-state index contributed by atoms with van der Waals surface area (Å²) in [6.07, 6.45) is -0.147. The summed E-state index contributed by atoms with van der Waals surface area (Å²) in [4.78, 5) is 10.6. The van der Waals surface area contributed by atoms with Crippen molar-refractivity contribution in [3.63, 3.8) is 0 Å². The number of halogens is 5. The Kier molecular flexibility index (Phi) is 5.16. The highest BCUT2D eigenvalue weighted by atomic mass is 32.2. The number of hydrogen-bond donors (Lipinski definition) is 0. The SMILES string of the molecule is CC(=O)Cc1cc(OC(F)F)cc(SC(F)(F)F)c1. The van der Waals surface area contributed by atoms with Crippen molar-refractivity contribution in [2.24, 2.45) is 0 Å². The first kappa shape index (κ1) is 15.7. The molecule has 1 rings (SSSR count). The molecule has 0 heterocycles. The molecule has 0 radical (unpaired) electrons. The highest BCUT2D eigenvalue weighted by molar-refractivity contribution is 8.00. The molecule has 0 saturated heterocycles.